The van der Waals surface area contributed by atoms with Gasteiger partial charge in [-0.1, -0.05) is 6.07 Å². The second kappa shape index (κ2) is 6.59. The van der Waals surface area contributed by atoms with Crippen molar-refractivity contribution in [1.29, 1.82) is 0 Å². The lowest BCUT2D eigenvalue weighted by Crippen LogP contribution is -2.19. The van der Waals surface area contributed by atoms with E-state index in [9.17, 15) is 18.4 Å². The number of aromatic carboxylic acids is 1. The van der Waals surface area contributed by atoms with Crippen molar-refractivity contribution in [2.75, 3.05) is 11.1 Å². The zero-order valence-corrected chi connectivity index (χ0v) is 13.0. The number of hydrogen-bond donors (Lipinski definition) is 3. The van der Waals surface area contributed by atoms with Crippen LogP contribution in [0.3, 0.4) is 0 Å². The Labute approximate surface area is 144 Å². The van der Waals surface area contributed by atoms with Crippen LogP contribution in [0.1, 0.15) is 20.7 Å². The number of carbonyl (C=O) groups is 2. The van der Waals surface area contributed by atoms with E-state index in [0.717, 1.165) is 18.2 Å². The summed E-state index contributed by atoms with van der Waals surface area (Å²) >= 11 is 0. The summed E-state index contributed by atoms with van der Waals surface area (Å²) in [6, 6.07) is 8.50. The molecule has 1 aromatic heterocycles. The fourth-order valence-electron chi connectivity index (χ4n) is 2.18. The monoisotopic (exact) mass is 359 g/mol. The summed E-state index contributed by atoms with van der Waals surface area (Å²) in [7, 11) is 0. The van der Waals surface area contributed by atoms with Crippen molar-refractivity contribution in [2.24, 2.45) is 0 Å². The van der Waals surface area contributed by atoms with Crippen molar-refractivity contribution < 1.29 is 23.5 Å². The van der Waals surface area contributed by atoms with Crippen LogP contribution in [0.4, 0.5) is 26.4 Å². The van der Waals surface area contributed by atoms with Crippen molar-refractivity contribution in [1.82, 2.24) is 14.8 Å². The Kier molecular flexibility index (Phi) is 4.31. The van der Waals surface area contributed by atoms with Crippen LogP contribution < -0.4 is 11.1 Å². The largest absolute Gasteiger partial charge is 0.478 e. The number of nitrogens with zero attached hydrogens (tertiary/aromatic N) is 3. The fraction of sp³-hybridized carbons (Fsp3) is 0. The Morgan fingerprint density at radius 1 is 1.08 bits per heavy atom. The Hall–Kier alpha value is -3.82. The van der Waals surface area contributed by atoms with Crippen LogP contribution in [0.5, 0.6) is 0 Å². The maximum atomic E-state index is 13.8. The molecule has 0 radical (unpaired) electrons. The minimum absolute atomic E-state index is 0.0565. The first kappa shape index (κ1) is 17.0. The van der Waals surface area contributed by atoms with Gasteiger partial charge in [-0.25, -0.2) is 13.6 Å². The van der Waals surface area contributed by atoms with Crippen LogP contribution in [0.2, 0.25) is 0 Å². The molecule has 0 aliphatic heterocycles. The fourth-order valence-corrected chi connectivity index (χ4v) is 2.18. The van der Waals surface area contributed by atoms with E-state index < -0.39 is 29.1 Å². The van der Waals surface area contributed by atoms with Crippen LogP contribution >= 0.6 is 0 Å². The van der Waals surface area contributed by atoms with Crippen LogP contribution in [0.25, 0.3) is 0 Å². The van der Waals surface area contributed by atoms with Gasteiger partial charge in [0, 0.05) is 5.69 Å². The smallest absolute Gasteiger partial charge is 0.335 e. The molecule has 132 valence electrons. The van der Waals surface area contributed by atoms with Gasteiger partial charge in [0.25, 0.3) is 5.91 Å². The minimum atomic E-state index is -1.10. The molecule has 0 spiro atoms. The lowest BCUT2D eigenvalue weighted by molar-refractivity contribution is 0.0696. The van der Waals surface area contributed by atoms with E-state index in [4.69, 9.17) is 10.8 Å². The number of nitrogen functional groups attached to an aromatic ring is 1. The molecule has 10 heteroatoms. The lowest BCUT2D eigenvalue weighted by atomic mass is 10.2. The number of halogens is 2. The highest BCUT2D eigenvalue weighted by atomic mass is 19.1. The van der Waals surface area contributed by atoms with Crippen molar-refractivity contribution in [3.63, 3.8) is 0 Å². The Bertz CT molecular complexity index is 981. The number of carboxylic acids is 1. The van der Waals surface area contributed by atoms with Gasteiger partial charge in [-0.3, -0.25) is 4.79 Å². The predicted octanol–water partition coefficient (Wildman–Crippen LogP) is 2.27. The number of rotatable bonds is 4. The normalized spacial score (nSPS) is 10.5. The summed E-state index contributed by atoms with van der Waals surface area (Å²) in [6.07, 6.45) is 0. The van der Waals surface area contributed by atoms with Gasteiger partial charge in [0.2, 0.25) is 11.9 Å². The van der Waals surface area contributed by atoms with E-state index in [1.54, 1.807) is 0 Å². The molecule has 8 nitrogen and oxygen atoms in total. The van der Waals surface area contributed by atoms with Crippen LogP contribution in [0.15, 0.2) is 42.5 Å². The first-order chi connectivity index (χ1) is 12.4. The summed E-state index contributed by atoms with van der Waals surface area (Å²) in [5.74, 6) is -4.79. The molecule has 1 heterocycles. The third kappa shape index (κ3) is 3.20. The quantitative estimate of drug-likeness (QED) is 0.653. The van der Waals surface area contributed by atoms with Gasteiger partial charge in [-0.2, -0.15) is 9.67 Å². The first-order valence-corrected chi connectivity index (χ1v) is 7.18. The number of hydrogen-bond acceptors (Lipinski definition) is 6. The van der Waals surface area contributed by atoms with E-state index in [1.807, 2.05) is 0 Å². The molecule has 0 bridgehead atoms. The molecule has 3 rings (SSSR count). The second-order valence-corrected chi connectivity index (χ2v) is 5.11. The van der Waals surface area contributed by atoms with Gasteiger partial charge in [0.15, 0.2) is 0 Å². The molecule has 0 atom stereocenters. The molecule has 26 heavy (non-hydrogen) atoms. The van der Waals surface area contributed by atoms with Crippen molar-refractivity contribution >= 4 is 29.5 Å². The van der Waals surface area contributed by atoms with E-state index in [2.05, 4.69) is 15.4 Å². The SMILES string of the molecule is Nc1nc(Nc2ccc(C(=O)O)cc2)n(C(=O)c2c(F)cccc2F)n1. The molecule has 0 fully saturated rings. The van der Waals surface area contributed by atoms with E-state index in [0.29, 0.717) is 10.4 Å². The zero-order valence-electron chi connectivity index (χ0n) is 13.0. The maximum Gasteiger partial charge on any atom is 0.335 e. The number of aromatic nitrogens is 3. The molecule has 4 N–H and O–H groups in total. The van der Waals surface area contributed by atoms with Gasteiger partial charge >= 0.3 is 5.97 Å². The molecule has 0 aliphatic rings. The highest BCUT2D eigenvalue weighted by Crippen LogP contribution is 2.20. The van der Waals surface area contributed by atoms with Gasteiger partial charge in [0.05, 0.1) is 5.56 Å². The summed E-state index contributed by atoms with van der Waals surface area (Å²) in [5, 5.41) is 15.2. The summed E-state index contributed by atoms with van der Waals surface area (Å²) in [5.41, 5.74) is 5.11. The topological polar surface area (TPSA) is 123 Å². The molecule has 0 saturated carbocycles. The highest BCUT2D eigenvalue weighted by molar-refractivity contribution is 5.97. The van der Waals surface area contributed by atoms with Crippen LogP contribution in [0, 0.1) is 11.6 Å². The molecule has 0 saturated heterocycles. The van der Waals surface area contributed by atoms with E-state index >= 15 is 0 Å². The van der Waals surface area contributed by atoms with Crippen molar-refractivity contribution in [2.45, 2.75) is 0 Å². The maximum absolute atomic E-state index is 13.8. The molecular weight excluding hydrogens is 348 g/mol. The summed E-state index contributed by atoms with van der Waals surface area (Å²) in [4.78, 5) is 27.1. The predicted molar refractivity (Wildman–Crippen MR) is 87.2 cm³/mol. The number of nitrogens with one attached hydrogen (secondary N) is 1. The molecule has 0 aliphatic carbocycles. The van der Waals surface area contributed by atoms with Gasteiger partial charge in [0.1, 0.15) is 17.2 Å². The third-order valence-corrected chi connectivity index (χ3v) is 3.38. The van der Waals surface area contributed by atoms with Crippen LogP contribution in [-0.2, 0) is 0 Å². The number of benzene rings is 2. The molecule has 0 amide bonds. The van der Waals surface area contributed by atoms with Crippen molar-refractivity contribution in [3.05, 3.63) is 65.2 Å². The standard InChI is InChI=1S/C16H11F2N5O3/c17-10-2-1-3-11(18)12(10)13(24)23-16(21-15(19)22-23)20-9-6-4-8(5-7-9)14(25)26/h1-7H,(H,25,26)(H3,19,20,21,22). The average molecular weight is 359 g/mol. The first-order valence-electron chi connectivity index (χ1n) is 7.18. The van der Waals surface area contributed by atoms with Crippen LogP contribution in [-0.4, -0.2) is 31.7 Å². The molecule has 3 aromatic rings. The van der Waals surface area contributed by atoms with Crippen molar-refractivity contribution in [3.8, 4) is 0 Å². The minimum Gasteiger partial charge on any atom is -0.478 e. The zero-order chi connectivity index (χ0) is 18.8. The number of anilines is 3. The molecule has 2 aromatic carbocycles. The second-order valence-electron chi connectivity index (χ2n) is 5.11. The van der Waals surface area contributed by atoms with E-state index in [1.165, 1.54) is 24.3 Å². The number of nitrogens with two attached hydrogens (primary N) is 1. The highest BCUT2D eigenvalue weighted by Gasteiger charge is 2.23. The number of carbonyl (C=O) groups excluding carboxylic acids is 1. The Balaban J connectivity index is 1.96. The number of carboxylic acid groups (broad SMARTS) is 1. The molecule has 0 unspecified atom stereocenters. The summed E-state index contributed by atoms with van der Waals surface area (Å²) in [6.45, 7) is 0. The Morgan fingerprint density at radius 3 is 2.27 bits per heavy atom. The third-order valence-electron chi connectivity index (χ3n) is 3.38. The van der Waals surface area contributed by atoms with E-state index in [-0.39, 0.29) is 17.5 Å². The van der Waals surface area contributed by atoms with Gasteiger partial charge < -0.3 is 16.2 Å². The molecular formula is C16H11F2N5O3. The average Bonchev–Trinajstić information content (AvgIpc) is 2.95. The lowest BCUT2D eigenvalue weighted by Gasteiger charge is -2.08. The van der Waals surface area contributed by atoms with Gasteiger partial charge in [-0.05, 0) is 36.4 Å². The Morgan fingerprint density at radius 2 is 1.69 bits per heavy atom. The van der Waals surface area contributed by atoms with Gasteiger partial charge in [-0.15, -0.1) is 5.10 Å². The summed E-state index contributed by atoms with van der Waals surface area (Å²) < 4.78 is 28.3.